The van der Waals surface area contributed by atoms with Gasteiger partial charge in [-0.05, 0) is 116 Å². The Morgan fingerprint density at radius 3 is 1.79 bits per heavy atom. The number of carbonyl (C=O) groups excluding carboxylic acids is 5. The molecule has 0 saturated carbocycles. The van der Waals surface area contributed by atoms with Gasteiger partial charge in [-0.15, -0.1) is 0 Å². The minimum Gasteiger partial charge on any atom is -0.617 e. The van der Waals surface area contributed by atoms with Crippen molar-refractivity contribution < 1.29 is 43.4 Å². The number of hydrogen-bond acceptors (Lipinski definition) is 12. The number of ether oxygens (including phenoxy) is 1. The van der Waals surface area contributed by atoms with Crippen molar-refractivity contribution in [2.45, 2.75) is 139 Å². The van der Waals surface area contributed by atoms with E-state index in [4.69, 9.17) is 4.74 Å². The molecule has 0 saturated heterocycles. The van der Waals surface area contributed by atoms with Gasteiger partial charge >= 0.3 is 28.6 Å². The molecule has 370 valence electrons. The van der Waals surface area contributed by atoms with Crippen LogP contribution in [0.2, 0.25) is 51.4 Å². The van der Waals surface area contributed by atoms with Gasteiger partial charge in [-0.3, -0.25) is 24.4 Å². The Bertz CT molecular complexity index is 1930. The maximum Gasteiger partial charge on any atom is 0.407 e. The van der Waals surface area contributed by atoms with E-state index in [1.54, 1.807) is 26.8 Å². The quantitative estimate of drug-likeness (QED) is 0.0326. The molecule has 66 heavy (non-hydrogen) atoms. The van der Waals surface area contributed by atoms with Gasteiger partial charge in [-0.2, -0.15) is 4.73 Å². The Morgan fingerprint density at radius 1 is 0.727 bits per heavy atom. The van der Waals surface area contributed by atoms with E-state index in [2.05, 4.69) is 76.5 Å². The van der Waals surface area contributed by atoms with Gasteiger partial charge in [-0.25, -0.2) is 4.79 Å². The molecular formula is C45H78N9O8S2Si2+. The third-order valence-electron chi connectivity index (χ3n) is 10.3. The van der Waals surface area contributed by atoms with Crippen molar-refractivity contribution in [2.75, 3.05) is 63.9 Å². The van der Waals surface area contributed by atoms with E-state index in [1.807, 2.05) is 0 Å². The molecule has 0 fully saturated rings. The second-order valence-corrected chi connectivity index (χ2v) is 33.4. The van der Waals surface area contributed by atoms with Crippen LogP contribution in [0.25, 0.3) is 0 Å². The Morgan fingerprint density at radius 2 is 1.24 bits per heavy atom. The molecule has 0 unspecified atom stereocenters. The molecule has 8 N–H and O–H groups in total. The van der Waals surface area contributed by atoms with Crippen molar-refractivity contribution >= 4 is 69.4 Å². The third kappa shape index (κ3) is 21.4. The molecule has 2 aromatic heterocycles. The number of amides is 5. The highest BCUT2D eigenvalue weighted by Crippen LogP contribution is 2.25. The maximum atomic E-state index is 14.1. The van der Waals surface area contributed by atoms with Gasteiger partial charge in [0.2, 0.25) is 0 Å². The maximum absolute atomic E-state index is 14.1. The summed E-state index contributed by atoms with van der Waals surface area (Å²) in [6, 6.07) is 6.94. The molecule has 0 radical (unpaired) electrons. The second-order valence-electron chi connectivity index (χ2n) is 20.0. The van der Waals surface area contributed by atoms with Crippen molar-refractivity contribution in [3.63, 3.8) is 0 Å². The van der Waals surface area contributed by atoms with Crippen molar-refractivity contribution in [1.29, 1.82) is 0 Å². The van der Waals surface area contributed by atoms with Crippen LogP contribution in [0, 0.1) is 5.21 Å². The van der Waals surface area contributed by atoms with E-state index >= 15 is 0 Å². The van der Waals surface area contributed by atoms with Gasteiger partial charge in [0.25, 0.3) is 22.5 Å². The molecule has 5 amide bonds. The minimum atomic E-state index is -1.50. The predicted octanol–water partition coefficient (Wildman–Crippen LogP) is 5.14. The zero-order valence-corrected chi connectivity index (χ0v) is 44.5. The van der Waals surface area contributed by atoms with Gasteiger partial charge in [0, 0.05) is 76.7 Å². The number of pyridine rings is 2. The van der Waals surface area contributed by atoms with E-state index in [9.17, 15) is 34.4 Å². The molecule has 0 aliphatic carbocycles. The number of rotatable bonds is 13. The van der Waals surface area contributed by atoms with Crippen LogP contribution in [0.4, 0.5) is 4.79 Å². The number of thioether (sulfide) groups is 2. The van der Waals surface area contributed by atoms with Crippen LogP contribution in [0.15, 0.2) is 34.3 Å². The zero-order chi connectivity index (χ0) is 48.9. The first-order valence-electron chi connectivity index (χ1n) is 23.4. The van der Waals surface area contributed by atoms with Crippen LogP contribution in [0.5, 0.6) is 0 Å². The smallest absolute Gasteiger partial charge is 0.407 e. The zero-order valence-electron chi connectivity index (χ0n) is 40.8. The van der Waals surface area contributed by atoms with Crippen LogP contribution in [-0.4, -0.2) is 127 Å². The molecule has 5 heterocycles. The number of hydrogen-bond donors (Lipinski definition) is 8. The summed E-state index contributed by atoms with van der Waals surface area (Å²) in [5.41, 5.74) is -0.502. The van der Waals surface area contributed by atoms with Gasteiger partial charge < -0.3 is 47.2 Å². The van der Waals surface area contributed by atoms with Gasteiger partial charge in [0.05, 0.1) is 0 Å². The van der Waals surface area contributed by atoms with Crippen LogP contribution < -0.4 is 46.7 Å². The number of aromatic nitrogens is 2. The molecule has 1 atom stereocenters. The molecule has 17 nitrogen and oxygen atoms in total. The minimum absolute atomic E-state index is 0.0863. The molecule has 2 aromatic rings. The molecule has 4 bridgehead atoms. The average molecular weight is 993 g/mol. The molecule has 0 spiro atoms. The Balaban J connectivity index is 1.96. The second kappa shape index (κ2) is 27.8. The lowest BCUT2D eigenvalue weighted by Gasteiger charge is -2.20. The molecular weight excluding hydrogens is 915 g/mol. The highest BCUT2D eigenvalue weighted by atomic mass is 32.2. The predicted molar refractivity (Wildman–Crippen MR) is 268 cm³/mol. The molecule has 21 heteroatoms. The first-order chi connectivity index (χ1) is 31.1. The first-order valence-corrected chi connectivity index (χ1v) is 32.8. The number of unbranched alkanes of at least 4 members (excludes halogenated alkanes) is 1. The van der Waals surface area contributed by atoms with Gasteiger partial charge in [0.1, 0.15) is 16.7 Å². The number of fused-ring (bicyclic) bond motifs is 2. The fraction of sp³-hybridized carbons (Fsp3) is 0.667. The van der Waals surface area contributed by atoms with E-state index in [-0.39, 0.29) is 50.9 Å². The lowest BCUT2D eigenvalue weighted by atomic mass is 10.1. The highest BCUT2D eigenvalue weighted by Gasteiger charge is 2.33. The average Bonchev–Trinajstić information content (AvgIpc) is 3.21. The normalized spacial score (nSPS) is 17.3. The monoisotopic (exact) mass is 992 g/mol. The summed E-state index contributed by atoms with van der Waals surface area (Å²) in [5.74, 6) is -0.828. The summed E-state index contributed by atoms with van der Waals surface area (Å²) in [7, 11) is -2.99. The summed E-state index contributed by atoms with van der Waals surface area (Å²) < 4.78 is 6.64. The summed E-state index contributed by atoms with van der Waals surface area (Å²) in [5, 5.41) is 47.3. The number of nitrogens with one attached hydrogen (secondary N) is 7. The fourth-order valence-electron chi connectivity index (χ4n) is 6.50. The largest absolute Gasteiger partial charge is 0.617 e. The molecule has 0 aromatic carbocycles. The van der Waals surface area contributed by atoms with Crippen LogP contribution in [0.1, 0.15) is 107 Å². The third-order valence-corrected chi connectivity index (χ3v) is 16.7. The van der Waals surface area contributed by atoms with Crippen molar-refractivity contribution in [3.8, 4) is 0 Å². The molecule has 5 rings (SSSR count). The molecule has 3 aliphatic rings. The van der Waals surface area contributed by atoms with Crippen LogP contribution >= 0.6 is 23.5 Å². The van der Waals surface area contributed by atoms with Crippen LogP contribution in [0.3, 0.4) is 0 Å². The Hall–Kier alpha value is -3.90. The van der Waals surface area contributed by atoms with Gasteiger partial charge in [0.15, 0.2) is 0 Å². The van der Waals surface area contributed by atoms with Crippen LogP contribution in [-0.2, 0) is 4.74 Å². The summed E-state index contributed by atoms with van der Waals surface area (Å²) in [6.07, 6.45) is 4.20. The fourth-order valence-corrected chi connectivity index (χ4v) is 13.7. The topological polar surface area (TPSA) is 230 Å². The lowest BCUT2D eigenvalue weighted by Crippen LogP contribution is -2.50. The summed E-state index contributed by atoms with van der Waals surface area (Å²) in [6.45, 7) is 22.9. The van der Waals surface area contributed by atoms with Crippen molar-refractivity contribution in [1.82, 2.24) is 37.2 Å². The number of carbonyl (C=O) groups is 5. The Labute approximate surface area is 402 Å². The Kier molecular flexibility index (Phi) is 23.8. The van der Waals surface area contributed by atoms with E-state index < -0.39 is 45.7 Å². The number of nitrogens with zero attached hydrogens (tertiary/aromatic N) is 2. The van der Waals surface area contributed by atoms with E-state index in [0.29, 0.717) is 74.5 Å². The van der Waals surface area contributed by atoms with Crippen molar-refractivity contribution in [2.24, 2.45) is 0 Å². The summed E-state index contributed by atoms with van der Waals surface area (Å²) in [4.78, 5) is 67.2. The van der Waals surface area contributed by atoms with Gasteiger partial charge in [-0.1, -0.05) is 62.8 Å². The van der Waals surface area contributed by atoms with Crippen molar-refractivity contribution in [3.05, 3.63) is 52.0 Å². The van der Waals surface area contributed by atoms with E-state index in [0.717, 1.165) is 49.3 Å². The van der Waals surface area contributed by atoms with E-state index in [1.165, 1.54) is 41.7 Å². The molecule has 3 aliphatic heterocycles. The highest BCUT2D eigenvalue weighted by molar-refractivity contribution is 7.99. The summed E-state index contributed by atoms with van der Waals surface area (Å²) >= 11 is 2.59. The standard InChI is InChI=1S/C45H77N9O8S2Si2/c1-45(2,3)62-44(59)50-25-11-10-16-33-32-51-40(57)36-19-17-34(42(53(36)60)63-28-30-65(4,5)6)38(55)48-26-14-23-46-21-12-13-22-47-24-15-27-49-39(56)35-18-20-37(41(58)52-33)54(61)43(35)64-29-31-66(7,8)9/h17-20,33,46-47H,10-16,21-32H2,1-9H3,(H5-,48,49,50,51,52,55,56,57,58,59,61)/p+1/t33-/m0/s1. The lowest BCUT2D eigenvalue weighted by molar-refractivity contribution is -0.933. The first kappa shape index (κ1) is 56.4. The number of alkyl carbamates (subject to hydrolysis) is 1. The SMILES string of the molecule is CC(C)(C)OC(=O)NCCCC[C@H]1CNC(=O)c2ccc(c(SCC[Si](C)(C)C)[n+]2[O-])C(=O)NCCCNCCCCNCCCNC(=O)c2ccc([n+](O)c2SCC[Si](C)(C)C)C(=O)N1.